The van der Waals surface area contributed by atoms with Crippen molar-refractivity contribution in [2.75, 3.05) is 0 Å². The molecule has 2 unspecified atom stereocenters. The largest absolute Gasteiger partial charge is 0.0619 e. The normalized spacial score (nSPS) is 32.3. The summed E-state index contributed by atoms with van der Waals surface area (Å²) in [6, 6.07) is 0. The second kappa shape index (κ2) is 3.91. The summed E-state index contributed by atoms with van der Waals surface area (Å²) < 4.78 is 1.11. The highest BCUT2D eigenvalue weighted by molar-refractivity contribution is 9.28. The molecule has 10 heavy (non-hydrogen) atoms. The van der Waals surface area contributed by atoms with Gasteiger partial charge in [0.1, 0.15) is 0 Å². The minimum absolute atomic E-state index is 0.800. The van der Waals surface area contributed by atoms with E-state index in [4.69, 9.17) is 0 Å². The first kappa shape index (κ1) is 8.79. The quantitative estimate of drug-likeness (QED) is 0.672. The highest BCUT2D eigenvalue weighted by atomic mass is 79.9. The molecule has 0 amide bonds. The molecule has 2 heteroatoms. The molecule has 1 fully saturated rings. The average molecular weight is 268 g/mol. The summed E-state index contributed by atoms with van der Waals surface area (Å²) in [6.45, 7) is 2.33. The Hall–Kier alpha value is 0.700. The van der Waals surface area contributed by atoms with Crippen LogP contribution < -0.4 is 0 Å². The molecule has 2 atom stereocenters. The van der Waals surface area contributed by atoms with Gasteiger partial charge >= 0.3 is 0 Å². The lowest BCUT2D eigenvalue weighted by Crippen LogP contribution is -1.98. The number of halogens is 2. The molecule has 58 valence electrons. The van der Waals surface area contributed by atoms with Gasteiger partial charge in [-0.3, -0.25) is 0 Å². The third-order valence-corrected chi connectivity index (χ3v) is 2.80. The molecule has 0 N–H and O–H groups in total. The van der Waals surface area contributed by atoms with Crippen LogP contribution in [0.15, 0.2) is 9.47 Å². The molecular weight excluding hydrogens is 256 g/mol. The minimum Gasteiger partial charge on any atom is -0.0619 e. The molecule has 0 radical (unpaired) electrons. The van der Waals surface area contributed by atoms with Crippen molar-refractivity contribution in [2.24, 2.45) is 11.8 Å². The first-order valence-electron chi connectivity index (χ1n) is 3.73. The van der Waals surface area contributed by atoms with Crippen LogP contribution in [-0.2, 0) is 0 Å². The van der Waals surface area contributed by atoms with E-state index in [0.29, 0.717) is 0 Å². The fourth-order valence-electron chi connectivity index (χ4n) is 1.58. The van der Waals surface area contributed by atoms with E-state index in [0.717, 1.165) is 15.2 Å². The first-order valence-corrected chi connectivity index (χ1v) is 5.31. The van der Waals surface area contributed by atoms with Gasteiger partial charge in [-0.1, -0.05) is 25.8 Å². The lowest BCUT2D eigenvalue weighted by atomic mass is 9.99. The van der Waals surface area contributed by atoms with Crippen LogP contribution in [0.4, 0.5) is 0 Å². The smallest absolute Gasteiger partial charge is 0.0567 e. The highest BCUT2D eigenvalue weighted by Gasteiger charge is 2.20. The summed E-state index contributed by atoms with van der Waals surface area (Å²) in [6.07, 6.45) is 6.43. The van der Waals surface area contributed by atoms with E-state index in [-0.39, 0.29) is 0 Å². The van der Waals surface area contributed by atoms with Crippen LogP contribution in [0.3, 0.4) is 0 Å². The molecule has 1 saturated carbocycles. The Morgan fingerprint density at radius 1 is 1.40 bits per heavy atom. The van der Waals surface area contributed by atoms with Gasteiger partial charge in [-0.05, 0) is 50.1 Å². The van der Waals surface area contributed by atoms with Crippen molar-refractivity contribution in [2.45, 2.75) is 26.2 Å². The van der Waals surface area contributed by atoms with E-state index >= 15 is 0 Å². The van der Waals surface area contributed by atoms with Crippen molar-refractivity contribution in [1.82, 2.24) is 0 Å². The van der Waals surface area contributed by atoms with Crippen LogP contribution in [0.5, 0.6) is 0 Å². The summed E-state index contributed by atoms with van der Waals surface area (Å²) >= 11 is 6.78. The second-order valence-corrected chi connectivity index (χ2v) is 5.80. The zero-order chi connectivity index (χ0) is 7.56. The molecule has 0 aliphatic heterocycles. The molecule has 0 saturated heterocycles. The number of hydrogen-bond acceptors (Lipinski definition) is 0. The summed E-state index contributed by atoms with van der Waals surface area (Å²) in [5.74, 6) is 1.68. The van der Waals surface area contributed by atoms with E-state index in [1.807, 2.05) is 0 Å². The van der Waals surface area contributed by atoms with E-state index < -0.39 is 0 Å². The topological polar surface area (TPSA) is 0 Å². The Kier molecular flexibility index (Phi) is 3.44. The maximum Gasteiger partial charge on any atom is 0.0567 e. The monoisotopic (exact) mass is 266 g/mol. The van der Waals surface area contributed by atoms with Crippen LogP contribution in [0.2, 0.25) is 0 Å². The van der Waals surface area contributed by atoms with Crippen LogP contribution in [0, 0.1) is 11.8 Å². The Morgan fingerprint density at radius 3 is 2.50 bits per heavy atom. The van der Waals surface area contributed by atoms with E-state index in [1.165, 1.54) is 19.3 Å². The average Bonchev–Trinajstić information content (AvgIpc) is 2.15. The van der Waals surface area contributed by atoms with Gasteiger partial charge < -0.3 is 0 Å². The summed E-state index contributed by atoms with van der Waals surface area (Å²) in [5.41, 5.74) is 0. The van der Waals surface area contributed by atoms with E-state index in [1.54, 1.807) is 0 Å². The van der Waals surface area contributed by atoms with Gasteiger partial charge in [0.05, 0.1) is 3.39 Å². The van der Waals surface area contributed by atoms with Gasteiger partial charge in [0, 0.05) is 0 Å². The standard InChI is InChI=1S/C8H12Br2/c1-6-3-2-4-7(6)5-8(9)10/h5-7H,2-4H2,1H3. The van der Waals surface area contributed by atoms with Crippen molar-refractivity contribution in [1.29, 1.82) is 0 Å². The Balaban J connectivity index is 2.48. The first-order chi connectivity index (χ1) is 4.70. The molecule has 0 heterocycles. The molecule has 0 nitrogen and oxygen atoms in total. The van der Waals surface area contributed by atoms with E-state index in [2.05, 4.69) is 44.9 Å². The molecule has 0 aromatic heterocycles. The van der Waals surface area contributed by atoms with Crippen LogP contribution in [-0.4, -0.2) is 0 Å². The molecule has 0 bridgehead atoms. The van der Waals surface area contributed by atoms with Crippen molar-refractivity contribution in [3.05, 3.63) is 9.47 Å². The van der Waals surface area contributed by atoms with Gasteiger partial charge in [0.15, 0.2) is 0 Å². The van der Waals surface area contributed by atoms with E-state index in [9.17, 15) is 0 Å². The molecule has 0 aromatic carbocycles. The molecular formula is C8H12Br2. The maximum atomic E-state index is 3.39. The fraction of sp³-hybridized carbons (Fsp3) is 0.750. The minimum atomic E-state index is 0.800. The highest BCUT2D eigenvalue weighted by Crippen LogP contribution is 2.34. The van der Waals surface area contributed by atoms with Gasteiger partial charge in [-0.2, -0.15) is 0 Å². The van der Waals surface area contributed by atoms with Gasteiger partial charge in [-0.25, -0.2) is 0 Å². The number of allylic oxidation sites excluding steroid dienone is 1. The summed E-state index contributed by atoms with van der Waals surface area (Å²) in [4.78, 5) is 0. The van der Waals surface area contributed by atoms with Crippen molar-refractivity contribution < 1.29 is 0 Å². The van der Waals surface area contributed by atoms with Crippen LogP contribution in [0.25, 0.3) is 0 Å². The second-order valence-electron chi connectivity index (χ2n) is 3.03. The third-order valence-electron chi connectivity index (χ3n) is 2.27. The lowest BCUT2D eigenvalue weighted by molar-refractivity contribution is 0.504. The zero-order valence-electron chi connectivity index (χ0n) is 6.11. The zero-order valence-corrected chi connectivity index (χ0v) is 9.28. The summed E-state index contributed by atoms with van der Waals surface area (Å²) in [5, 5.41) is 0. The van der Waals surface area contributed by atoms with Crippen LogP contribution in [0.1, 0.15) is 26.2 Å². The van der Waals surface area contributed by atoms with Gasteiger partial charge in [0.25, 0.3) is 0 Å². The molecule has 1 aliphatic rings. The maximum absolute atomic E-state index is 3.39. The van der Waals surface area contributed by atoms with Crippen molar-refractivity contribution in [3.8, 4) is 0 Å². The lowest BCUT2D eigenvalue weighted by Gasteiger charge is -2.08. The molecule has 1 rings (SSSR count). The fourth-order valence-corrected chi connectivity index (χ4v) is 2.26. The van der Waals surface area contributed by atoms with Crippen molar-refractivity contribution >= 4 is 31.9 Å². The summed E-state index contributed by atoms with van der Waals surface area (Å²) in [7, 11) is 0. The SMILES string of the molecule is CC1CCCC1C=C(Br)Br. The molecule has 1 aliphatic carbocycles. The van der Waals surface area contributed by atoms with Crippen molar-refractivity contribution in [3.63, 3.8) is 0 Å². The molecule has 0 aromatic rings. The van der Waals surface area contributed by atoms with Gasteiger partial charge in [-0.15, -0.1) is 0 Å². The predicted octanol–water partition coefficient (Wildman–Crippen LogP) is 4.05. The third kappa shape index (κ3) is 2.39. The Labute approximate surface area is 79.3 Å². The Morgan fingerprint density at radius 2 is 2.10 bits per heavy atom. The van der Waals surface area contributed by atoms with Crippen LogP contribution >= 0.6 is 31.9 Å². The number of hydrogen-bond donors (Lipinski definition) is 0. The predicted molar refractivity (Wildman–Crippen MR) is 52.4 cm³/mol. The van der Waals surface area contributed by atoms with Gasteiger partial charge in [0.2, 0.25) is 0 Å². The Bertz CT molecular complexity index is 136. The number of rotatable bonds is 1. The molecule has 0 spiro atoms.